The Bertz CT molecular complexity index is 574. The van der Waals surface area contributed by atoms with E-state index in [2.05, 4.69) is 27.9 Å². The van der Waals surface area contributed by atoms with Gasteiger partial charge >= 0.3 is 0 Å². The fraction of sp³-hybridized carbons (Fsp3) is 0.417. The van der Waals surface area contributed by atoms with Crippen LogP contribution < -0.4 is 4.90 Å². The number of rotatable bonds is 2. The van der Waals surface area contributed by atoms with Crippen molar-refractivity contribution in [1.82, 2.24) is 14.9 Å². The minimum atomic E-state index is 0.762. The van der Waals surface area contributed by atoms with Crippen LogP contribution in [0, 0.1) is 6.92 Å². The second-order valence-corrected chi connectivity index (χ2v) is 5.64. The smallest absolute Gasteiger partial charge is 0.209 e. The summed E-state index contributed by atoms with van der Waals surface area (Å²) in [5.41, 5.74) is 0. The van der Waals surface area contributed by atoms with Crippen LogP contribution in [0.15, 0.2) is 12.4 Å². The maximum absolute atomic E-state index is 10.7. The standard InChI is InChI=1S/C12H14N4OS/c1-9-6-10-11(13-7-14-12(10)18-9)16-4-2-15(8-17)3-5-16/h6-8H,2-5H2,1H3. The molecule has 0 N–H and O–H groups in total. The number of amides is 1. The predicted octanol–water partition coefficient (Wildman–Crippen LogP) is 1.28. The van der Waals surface area contributed by atoms with Gasteiger partial charge in [-0.1, -0.05) is 0 Å². The second kappa shape index (κ2) is 4.53. The highest BCUT2D eigenvalue weighted by molar-refractivity contribution is 7.18. The van der Waals surface area contributed by atoms with E-state index in [1.807, 2.05) is 0 Å². The maximum atomic E-state index is 10.7. The SMILES string of the molecule is Cc1cc2c(N3CCN(C=O)CC3)ncnc2s1. The molecule has 3 rings (SSSR count). The molecule has 2 aromatic heterocycles. The largest absolute Gasteiger partial charge is 0.352 e. The first kappa shape index (κ1) is 11.4. The lowest BCUT2D eigenvalue weighted by atomic mass is 10.3. The monoisotopic (exact) mass is 262 g/mol. The van der Waals surface area contributed by atoms with Crippen molar-refractivity contribution < 1.29 is 4.79 Å². The highest BCUT2D eigenvalue weighted by Gasteiger charge is 2.19. The van der Waals surface area contributed by atoms with E-state index in [1.54, 1.807) is 22.6 Å². The molecule has 0 atom stereocenters. The summed E-state index contributed by atoms with van der Waals surface area (Å²) in [4.78, 5) is 25.7. The van der Waals surface area contributed by atoms with E-state index >= 15 is 0 Å². The van der Waals surface area contributed by atoms with Crippen molar-refractivity contribution in [2.45, 2.75) is 6.92 Å². The van der Waals surface area contributed by atoms with Crippen LogP contribution in [0.25, 0.3) is 10.2 Å². The minimum absolute atomic E-state index is 0.762. The van der Waals surface area contributed by atoms with Gasteiger partial charge in [0.1, 0.15) is 17.0 Å². The maximum Gasteiger partial charge on any atom is 0.209 e. The molecule has 1 amide bonds. The Morgan fingerprint density at radius 1 is 1.28 bits per heavy atom. The molecule has 0 unspecified atom stereocenters. The summed E-state index contributed by atoms with van der Waals surface area (Å²) in [6.45, 7) is 5.27. The van der Waals surface area contributed by atoms with Crippen LogP contribution in [0.5, 0.6) is 0 Å². The number of piperazine rings is 1. The average Bonchev–Trinajstić information content (AvgIpc) is 2.79. The van der Waals surface area contributed by atoms with Gasteiger partial charge in [-0.25, -0.2) is 9.97 Å². The molecule has 1 saturated heterocycles. The number of nitrogens with zero attached hydrogens (tertiary/aromatic N) is 4. The van der Waals surface area contributed by atoms with Crippen molar-refractivity contribution in [3.8, 4) is 0 Å². The van der Waals surface area contributed by atoms with Crippen molar-refractivity contribution in [2.75, 3.05) is 31.1 Å². The summed E-state index contributed by atoms with van der Waals surface area (Å²) in [7, 11) is 0. The molecule has 6 heteroatoms. The topological polar surface area (TPSA) is 49.3 Å². The Morgan fingerprint density at radius 3 is 2.78 bits per heavy atom. The molecule has 0 aromatic carbocycles. The lowest BCUT2D eigenvalue weighted by Crippen LogP contribution is -2.46. The quantitative estimate of drug-likeness (QED) is 0.765. The van der Waals surface area contributed by atoms with Crippen LogP contribution in [0.2, 0.25) is 0 Å². The molecule has 1 fully saturated rings. The number of anilines is 1. The highest BCUT2D eigenvalue weighted by Crippen LogP contribution is 2.29. The number of hydrogen-bond acceptors (Lipinski definition) is 5. The number of aryl methyl sites for hydroxylation is 1. The Hall–Kier alpha value is -1.69. The first-order chi connectivity index (χ1) is 8.78. The average molecular weight is 262 g/mol. The van der Waals surface area contributed by atoms with Gasteiger partial charge in [-0.3, -0.25) is 4.79 Å². The molecule has 1 aliphatic rings. The van der Waals surface area contributed by atoms with Gasteiger partial charge in [0.25, 0.3) is 0 Å². The summed E-state index contributed by atoms with van der Waals surface area (Å²) in [5, 5.41) is 1.12. The molecule has 5 nitrogen and oxygen atoms in total. The van der Waals surface area contributed by atoms with Gasteiger partial charge in [-0.15, -0.1) is 11.3 Å². The first-order valence-electron chi connectivity index (χ1n) is 5.93. The van der Waals surface area contributed by atoms with Gasteiger partial charge in [0.05, 0.1) is 5.39 Å². The van der Waals surface area contributed by atoms with Crippen molar-refractivity contribution in [1.29, 1.82) is 0 Å². The number of carbonyl (C=O) groups excluding carboxylic acids is 1. The van der Waals surface area contributed by atoms with Gasteiger partial charge in [-0.2, -0.15) is 0 Å². The molecule has 3 heterocycles. The van der Waals surface area contributed by atoms with Crippen molar-refractivity contribution >= 4 is 33.8 Å². The van der Waals surface area contributed by atoms with Gasteiger partial charge in [0.2, 0.25) is 6.41 Å². The molecule has 0 aliphatic carbocycles. The summed E-state index contributed by atoms with van der Waals surface area (Å²) >= 11 is 1.69. The molecular formula is C12H14N4OS. The van der Waals surface area contributed by atoms with Gasteiger partial charge < -0.3 is 9.80 Å². The number of carbonyl (C=O) groups is 1. The normalized spacial score (nSPS) is 16.3. The highest BCUT2D eigenvalue weighted by atomic mass is 32.1. The van der Waals surface area contributed by atoms with Crippen molar-refractivity contribution in [2.24, 2.45) is 0 Å². The molecule has 0 saturated carbocycles. The molecule has 94 valence electrons. The van der Waals surface area contributed by atoms with Crippen LogP contribution in [0.1, 0.15) is 4.88 Å². The number of aromatic nitrogens is 2. The van der Waals surface area contributed by atoms with Crippen molar-refractivity contribution in [3.63, 3.8) is 0 Å². The van der Waals surface area contributed by atoms with E-state index in [1.165, 1.54) is 4.88 Å². The van der Waals surface area contributed by atoms with E-state index in [-0.39, 0.29) is 0 Å². The van der Waals surface area contributed by atoms with E-state index in [9.17, 15) is 4.79 Å². The summed E-state index contributed by atoms with van der Waals surface area (Å²) in [6.07, 6.45) is 2.54. The number of hydrogen-bond donors (Lipinski definition) is 0. The van der Waals surface area contributed by atoms with Gasteiger partial charge in [0, 0.05) is 31.1 Å². The Labute approximate surface area is 109 Å². The Kier molecular flexibility index (Phi) is 2.87. The van der Waals surface area contributed by atoms with Crippen molar-refractivity contribution in [3.05, 3.63) is 17.3 Å². The molecule has 0 spiro atoms. The van der Waals surface area contributed by atoms with Crippen LogP contribution in [0.3, 0.4) is 0 Å². The zero-order valence-corrected chi connectivity index (χ0v) is 11.0. The lowest BCUT2D eigenvalue weighted by Gasteiger charge is -2.33. The zero-order chi connectivity index (χ0) is 12.5. The molecule has 18 heavy (non-hydrogen) atoms. The van der Waals surface area contributed by atoms with E-state index < -0.39 is 0 Å². The number of thiophene rings is 1. The number of fused-ring (bicyclic) bond motifs is 1. The van der Waals surface area contributed by atoms with Crippen LogP contribution >= 0.6 is 11.3 Å². The van der Waals surface area contributed by atoms with E-state index in [0.29, 0.717) is 0 Å². The van der Waals surface area contributed by atoms with E-state index in [4.69, 9.17) is 0 Å². The summed E-state index contributed by atoms with van der Waals surface area (Å²) < 4.78 is 0. The Balaban J connectivity index is 1.92. The van der Waals surface area contributed by atoms with Crippen LogP contribution in [-0.2, 0) is 4.79 Å². The van der Waals surface area contributed by atoms with Crippen LogP contribution in [-0.4, -0.2) is 47.5 Å². The second-order valence-electron chi connectivity index (χ2n) is 4.40. The molecule has 0 bridgehead atoms. The van der Waals surface area contributed by atoms with Crippen LogP contribution in [0.4, 0.5) is 5.82 Å². The molecule has 0 radical (unpaired) electrons. The summed E-state index contributed by atoms with van der Waals surface area (Å²) in [6, 6.07) is 2.14. The first-order valence-corrected chi connectivity index (χ1v) is 6.75. The minimum Gasteiger partial charge on any atom is -0.352 e. The lowest BCUT2D eigenvalue weighted by molar-refractivity contribution is -0.118. The fourth-order valence-corrected chi connectivity index (χ4v) is 3.10. The third-order valence-corrected chi connectivity index (χ3v) is 4.15. The zero-order valence-electron chi connectivity index (χ0n) is 10.2. The predicted molar refractivity (Wildman–Crippen MR) is 72.0 cm³/mol. The fourth-order valence-electron chi connectivity index (χ4n) is 2.25. The summed E-state index contributed by atoms with van der Waals surface area (Å²) in [5.74, 6) is 0.995. The molecule has 1 aliphatic heterocycles. The third kappa shape index (κ3) is 1.92. The molecule has 2 aromatic rings. The van der Waals surface area contributed by atoms with Gasteiger partial charge in [0.15, 0.2) is 0 Å². The third-order valence-electron chi connectivity index (χ3n) is 3.19. The Morgan fingerprint density at radius 2 is 2.06 bits per heavy atom. The molecular weight excluding hydrogens is 248 g/mol. The van der Waals surface area contributed by atoms with Gasteiger partial charge in [-0.05, 0) is 13.0 Å². The van der Waals surface area contributed by atoms with E-state index in [0.717, 1.165) is 48.6 Å².